The first kappa shape index (κ1) is 9.15. The van der Waals surface area contributed by atoms with Gasteiger partial charge in [0, 0.05) is 25.0 Å². The molecule has 72 valence electrons. The van der Waals surface area contributed by atoms with Gasteiger partial charge in [-0.1, -0.05) is 30.3 Å². The van der Waals surface area contributed by atoms with E-state index in [1.807, 2.05) is 25.2 Å². The van der Waals surface area contributed by atoms with Crippen LogP contribution < -0.4 is 5.32 Å². The summed E-state index contributed by atoms with van der Waals surface area (Å²) >= 11 is 1.40. The Morgan fingerprint density at radius 2 is 2.07 bits per heavy atom. The van der Waals surface area contributed by atoms with Gasteiger partial charge in [-0.3, -0.25) is 0 Å². The van der Waals surface area contributed by atoms with Crippen molar-refractivity contribution in [1.29, 1.82) is 0 Å². The first-order valence-corrected chi connectivity index (χ1v) is 5.20. The molecule has 3 nitrogen and oxygen atoms in total. The normalized spacial score (nSPS) is 10.1. The van der Waals surface area contributed by atoms with Crippen molar-refractivity contribution in [3.8, 4) is 0 Å². The average Bonchev–Trinajstić information content (AvgIpc) is 2.67. The second-order valence-corrected chi connectivity index (χ2v) is 3.68. The first-order valence-electron chi connectivity index (χ1n) is 4.43. The Hall–Kier alpha value is -1.42. The molecular weight excluding hydrogens is 194 g/mol. The van der Waals surface area contributed by atoms with Gasteiger partial charge in [-0.2, -0.15) is 4.37 Å². The van der Waals surface area contributed by atoms with Crippen LogP contribution in [-0.2, 0) is 6.42 Å². The van der Waals surface area contributed by atoms with Gasteiger partial charge in [0.2, 0.25) is 5.13 Å². The number of benzene rings is 1. The Balaban J connectivity index is 2.11. The Bertz CT molecular complexity index is 397. The molecule has 0 aliphatic rings. The second kappa shape index (κ2) is 4.19. The van der Waals surface area contributed by atoms with Crippen LogP contribution in [0.25, 0.3) is 0 Å². The average molecular weight is 205 g/mol. The number of rotatable bonds is 3. The van der Waals surface area contributed by atoms with Crippen molar-refractivity contribution >= 4 is 16.7 Å². The molecule has 0 unspecified atom stereocenters. The van der Waals surface area contributed by atoms with Gasteiger partial charge in [0.15, 0.2) is 0 Å². The van der Waals surface area contributed by atoms with Crippen LogP contribution in [0.15, 0.2) is 30.3 Å². The molecule has 0 spiro atoms. The van der Waals surface area contributed by atoms with Gasteiger partial charge in [-0.05, 0) is 5.56 Å². The molecule has 0 aliphatic heterocycles. The fraction of sp³-hybridized carbons (Fsp3) is 0.200. The smallest absolute Gasteiger partial charge is 0.202 e. The molecule has 0 amide bonds. The predicted molar refractivity (Wildman–Crippen MR) is 58.7 cm³/mol. The van der Waals surface area contributed by atoms with Crippen LogP contribution in [0, 0.1) is 0 Å². The van der Waals surface area contributed by atoms with Crippen LogP contribution >= 0.6 is 11.5 Å². The lowest BCUT2D eigenvalue weighted by Crippen LogP contribution is -1.91. The van der Waals surface area contributed by atoms with Crippen molar-refractivity contribution in [3.05, 3.63) is 41.7 Å². The van der Waals surface area contributed by atoms with E-state index in [-0.39, 0.29) is 0 Å². The van der Waals surface area contributed by atoms with E-state index in [0.29, 0.717) is 0 Å². The van der Waals surface area contributed by atoms with Gasteiger partial charge in [0.25, 0.3) is 0 Å². The third-order valence-electron chi connectivity index (χ3n) is 1.89. The lowest BCUT2D eigenvalue weighted by atomic mass is 10.1. The summed E-state index contributed by atoms with van der Waals surface area (Å²) in [5.74, 6) is 0.880. The van der Waals surface area contributed by atoms with Crippen LogP contribution in [0.3, 0.4) is 0 Å². The molecule has 1 aromatic heterocycles. The highest BCUT2D eigenvalue weighted by Gasteiger charge is 2.02. The Labute approximate surface area is 87.0 Å². The fourth-order valence-corrected chi connectivity index (χ4v) is 1.74. The number of hydrogen-bond donors (Lipinski definition) is 1. The molecule has 1 heterocycles. The number of aromatic nitrogens is 2. The molecule has 0 bridgehead atoms. The minimum absolute atomic E-state index is 0.805. The summed E-state index contributed by atoms with van der Waals surface area (Å²) in [5.41, 5.74) is 1.24. The molecule has 4 heteroatoms. The third-order valence-corrected chi connectivity index (χ3v) is 2.66. The van der Waals surface area contributed by atoms with Crippen LogP contribution in [0.5, 0.6) is 0 Å². The standard InChI is InChI=1S/C10H11N3S/c1-11-10-12-9(13-14-10)7-8-5-3-2-4-6-8/h2-6H,7H2,1H3,(H,11,12,13). The van der Waals surface area contributed by atoms with E-state index in [4.69, 9.17) is 0 Å². The monoisotopic (exact) mass is 205 g/mol. The van der Waals surface area contributed by atoms with Crippen LogP contribution in [0.2, 0.25) is 0 Å². The molecule has 0 aliphatic carbocycles. The molecular formula is C10H11N3S. The second-order valence-electron chi connectivity index (χ2n) is 2.93. The molecule has 0 fully saturated rings. The summed E-state index contributed by atoms with van der Waals surface area (Å²) in [6.07, 6.45) is 0.805. The van der Waals surface area contributed by atoms with Gasteiger partial charge in [0.05, 0.1) is 0 Å². The number of anilines is 1. The lowest BCUT2D eigenvalue weighted by molar-refractivity contribution is 1.04. The molecule has 1 aromatic carbocycles. The third kappa shape index (κ3) is 2.09. The zero-order valence-corrected chi connectivity index (χ0v) is 8.71. The minimum Gasteiger partial charge on any atom is -0.363 e. The molecule has 0 atom stereocenters. The van der Waals surface area contributed by atoms with E-state index in [0.717, 1.165) is 17.4 Å². The van der Waals surface area contributed by atoms with E-state index in [1.54, 1.807) is 0 Å². The van der Waals surface area contributed by atoms with Gasteiger partial charge >= 0.3 is 0 Å². The summed E-state index contributed by atoms with van der Waals surface area (Å²) in [5, 5.41) is 3.85. The van der Waals surface area contributed by atoms with Crippen molar-refractivity contribution in [2.75, 3.05) is 12.4 Å². The van der Waals surface area contributed by atoms with E-state index in [9.17, 15) is 0 Å². The maximum Gasteiger partial charge on any atom is 0.202 e. The fourth-order valence-electron chi connectivity index (χ4n) is 1.21. The SMILES string of the molecule is CNc1nc(Cc2ccccc2)ns1. The maximum absolute atomic E-state index is 4.32. The van der Waals surface area contributed by atoms with Crippen molar-refractivity contribution in [3.63, 3.8) is 0 Å². The van der Waals surface area contributed by atoms with E-state index < -0.39 is 0 Å². The summed E-state index contributed by atoms with van der Waals surface area (Å²) in [7, 11) is 1.85. The van der Waals surface area contributed by atoms with Crippen molar-refractivity contribution in [2.24, 2.45) is 0 Å². The van der Waals surface area contributed by atoms with Crippen LogP contribution in [0.4, 0.5) is 5.13 Å². The highest BCUT2D eigenvalue weighted by molar-refractivity contribution is 7.09. The van der Waals surface area contributed by atoms with Gasteiger partial charge in [-0.15, -0.1) is 0 Å². The molecule has 1 N–H and O–H groups in total. The van der Waals surface area contributed by atoms with E-state index >= 15 is 0 Å². The summed E-state index contributed by atoms with van der Waals surface area (Å²) in [6.45, 7) is 0. The van der Waals surface area contributed by atoms with E-state index in [1.165, 1.54) is 17.1 Å². The molecule has 0 saturated heterocycles. The molecule has 2 rings (SSSR count). The zero-order valence-electron chi connectivity index (χ0n) is 7.90. The highest BCUT2D eigenvalue weighted by Crippen LogP contribution is 2.12. The Morgan fingerprint density at radius 3 is 2.71 bits per heavy atom. The van der Waals surface area contributed by atoms with Crippen molar-refractivity contribution in [1.82, 2.24) is 9.36 Å². The molecule has 0 radical (unpaired) electrons. The van der Waals surface area contributed by atoms with Gasteiger partial charge in [-0.25, -0.2) is 4.98 Å². The first-order chi connectivity index (χ1) is 6.88. The van der Waals surface area contributed by atoms with Crippen molar-refractivity contribution < 1.29 is 0 Å². The lowest BCUT2D eigenvalue weighted by Gasteiger charge is -1.94. The maximum atomic E-state index is 4.32. The minimum atomic E-state index is 0.805. The number of nitrogens with zero attached hydrogens (tertiary/aromatic N) is 2. The van der Waals surface area contributed by atoms with E-state index in [2.05, 4.69) is 26.8 Å². The predicted octanol–water partition coefficient (Wildman–Crippen LogP) is 2.17. The largest absolute Gasteiger partial charge is 0.363 e. The molecule has 2 aromatic rings. The topological polar surface area (TPSA) is 37.8 Å². The number of hydrogen-bond acceptors (Lipinski definition) is 4. The highest BCUT2D eigenvalue weighted by atomic mass is 32.1. The van der Waals surface area contributed by atoms with Crippen LogP contribution in [0.1, 0.15) is 11.4 Å². The zero-order chi connectivity index (χ0) is 9.80. The molecule has 14 heavy (non-hydrogen) atoms. The van der Waals surface area contributed by atoms with Gasteiger partial charge in [0.1, 0.15) is 5.82 Å². The van der Waals surface area contributed by atoms with Crippen LogP contribution in [-0.4, -0.2) is 16.4 Å². The Kier molecular flexibility index (Phi) is 2.74. The van der Waals surface area contributed by atoms with Gasteiger partial charge < -0.3 is 5.32 Å². The number of nitrogens with one attached hydrogen (secondary N) is 1. The van der Waals surface area contributed by atoms with Crippen molar-refractivity contribution in [2.45, 2.75) is 6.42 Å². The summed E-state index contributed by atoms with van der Waals surface area (Å²) in [4.78, 5) is 4.32. The summed E-state index contributed by atoms with van der Waals surface area (Å²) in [6, 6.07) is 10.2. The Morgan fingerprint density at radius 1 is 1.29 bits per heavy atom. The summed E-state index contributed by atoms with van der Waals surface area (Å²) < 4.78 is 4.25. The molecule has 0 saturated carbocycles. The quantitative estimate of drug-likeness (QED) is 0.834.